The first-order valence-corrected chi connectivity index (χ1v) is 37.2. The smallest absolute Gasteiger partial charge is 0.252 e. The highest BCUT2D eigenvalue weighted by molar-refractivity contribution is 7.00. The fraction of sp³-hybridized carbons (Fsp3) is 0.118. The van der Waals surface area contributed by atoms with Crippen molar-refractivity contribution in [3.8, 4) is 111 Å². The van der Waals surface area contributed by atoms with E-state index in [2.05, 4.69) is 424 Å². The Balaban J connectivity index is 1.11. The van der Waals surface area contributed by atoms with E-state index in [1.165, 1.54) is 55.3 Å². The largest absolute Gasteiger partial charge is 0.310 e. The zero-order chi connectivity index (χ0) is 71.7. The van der Waals surface area contributed by atoms with Gasteiger partial charge in [-0.15, -0.1) is 0 Å². The van der Waals surface area contributed by atoms with Crippen LogP contribution in [0, 0.1) is 0 Å². The van der Waals surface area contributed by atoms with Crippen molar-refractivity contribution in [2.75, 3.05) is 9.80 Å². The van der Waals surface area contributed by atoms with Gasteiger partial charge in [0.25, 0.3) is 6.71 Å². The van der Waals surface area contributed by atoms with E-state index in [0.717, 1.165) is 123 Å². The Morgan fingerprint density at radius 3 is 0.686 bits per heavy atom. The van der Waals surface area contributed by atoms with E-state index in [0.29, 0.717) is 0 Å². The summed E-state index contributed by atoms with van der Waals surface area (Å²) in [6.45, 7) is 20.8. The molecule has 0 fully saturated rings. The summed E-state index contributed by atoms with van der Waals surface area (Å²) in [5.74, 6) is 0. The number of fused-ring (bicyclic) bond motifs is 4. The molecule has 2 aliphatic heterocycles. The number of hydrogen-bond acceptors (Lipinski definition) is 2. The molecule has 0 amide bonds. The van der Waals surface area contributed by atoms with Crippen molar-refractivity contribution in [1.29, 1.82) is 0 Å². The van der Waals surface area contributed by atoms with Gasteiger partial charge in [0.05, 0.1) is 11.4 Å². The lowest BCUT2D eigenvalue weighted by atomic mass is 9.33. The van der Waals surface area contributed by atoms with Gasteiger partial charge in [0.15, 0.2) is 0 Å². The zero-order valence-corrected chi connectivity index (χ0v) is 61.5. The van der Waals surface area contributed by atoms with Gasteiger partial charge in [0.1, 0.15) is 0 Å². The van der Waals surface area contributed by atoms with Crippen molar-refractivity contribution in [3.63, 3.8) is 0 Å². The van der Waals surface area contributed by atoms with Crippen LogP contribution in [0.3, 0.4) is 0 Å². The third-order valence-electron chi connectivity index (χ3n) is 21.7. The summed E-state index contributed by atoms with van der Waals surface area (Å²) < 4.78 is 0. The molecule has 0 atom stereocenters. The van der Waals surface area contributed by atoms with Gasteiger partial charge in [-0.3, -0.25) is 0 Å². The minimum Gasteiger partial charge on any atom is -0.310 e. The van der Waals surface area contributed by atoms with Crippen LogP contribution in [0.15, 0.2) is 352 Å². The molecule has 0 aromatic heterocycles. The van der Waals surface area contributed by atoms with Crippen molar-refractivity contribution < 1.29 is 0 Å². The maximum Gasteiger partial charge on any atom is 0.252 e. The van der Waals surface area contributed by atoms with Gasteiger partial charge in [0.2, 0.25) is 0 Å². The van der Waals surface area contributed by atoms with Gasteiger partial charge in [-0.25, -0.2) is 0 Å². The van der Waals surface area contributed by atoms with Crippen LogP contribution < -0.4 is 26.2 Å². The molecule has 0 unspecified atom stereocenters. The minimum atomic E-state index is -0.359. The summed E-state index contributed by atoms with van der Waals surface area (Å²) in [6.07, 6.45) is 0. The summed E-state index contributed by atoms with van der Waals surface area (Å²) in [4.78, 5) is 5.50. The fourth-order valence-corrected chi connectivity index (χ4v) is 16.4. The first-order valence-electron chi connectivity index (χ1n) is 37.2. The van der Waals surface area contributed by atoms with Crippen LogP contribution in [0.4, 0.5) is 34.1 Å². The maximum absolute atomic E-state index is 2.75. The van der Waals surface area contributed by atoms with E-state index in [1.54, 1.807) is 0 Å². The fourth-order valence-electron chi connectivity index (χ4n) is 16.4. The van der Waals surface area contributed by atoms with Crippen LogP contribution in [0.5, 0.6) is 0 Å². The Hall–Kier alpha value is -12.0. The predicted molar refractivity (Wildman–Crippen MR) is 451 cm³/mol. The Morgan fingerprint density at radius 2 is 0.438 bits per heavy atom. The van der Waals surface area contributed by atoms with Crippen molar-refractivity contribution in [1.82, 2.24) is 0 Å². The van der Waals surface area contributed by atoms with Crippen molar-refractivity contribution in [2.45, 2.75) is 78.6 Å². The lowest BCUT2D eigenvalue weighted by Crippen LogP contribution is -2.61. The first-order chi connectivity index (χ1) is 51.0. The third kappa shape index (κ3) is 12.1. The van der Waals surface area contributed by atoms with Gasteiger partial charge in [-0.05, 0) is 175 Å². The molecule has 2 aliphatic rings. The van der Waals surface area contributed by atoms with Crippen LogP contribution in [-0.2, 0) is 16.2 Å². The summed E-state index contributed by atoms with van der Waals surface area (Å²) in [5.41, 5.74) is 36.8. The van der Waals surface area contributed by atoms with E-state index < -0.39 is 0 Å². The van der Waals surface area contributed by atoms with Gasteiger partial charge in [-0.1, -0.05) is 378 Å². The van der Waals surface area contributed by atoms with Gasteiger partial charge < -0.3 is 9.80 Å². The van der Waals surface area contributed by atoms with E-state index in [9.17, 15) is 0 Å². The molecule has 15 aromatic rings. The molecule has 3 heteroatoms. The highest BCUT2D eigenvalue weighted by atomic mass is 15.2. The predicted octanol–water partition coefficient (Wildman–Crippen LogP) is 26.3. The highest BCUT2D eigenvalue weighted by Crippen LogP contribution is 2.59. The quantitative estimate of drug-likeness (QED) is 0.113. The van der Waals surface area contributed by atoms with E-state index in [4.69, 9.17) is 0 Å². The van der Waals surface area contributed by atoms with E-state index in [1.807, 2.05) is 0 Å². The maximum atomic E-state index is 2.75. The summed E-state index contributed by atoms with van der Waals surface area (Å²) in [6, 6.07) is 133. The molecule has 2 nitrogen and oxygen atoms in total. The number of rotatable bonds is 12. The second-order valence-electron chi connectivity index (χ2n) is 31.6. The number of benzene rings is 15. The summed E-state index contributed by atoms with van der Waals surface area (Å²) >= 11 is 0. The molecule has 0 saturated heterocycles. The molecule has 17 rings (SSSR count). The normalized spacial score (nSPS) is 12.6. The third-order valence-corrected chi connectivity index (χ3v) is 21.7. The monoisotopic (exact) mass is 1350 g/mol. The Morgan fingerprint density at radius 1 is 0.200 bits per heavy atom. The van der Waals surface area contributed by atoms with Gasteiger partial charge in [0, 0.05) is 45.0 Å². The highest BCUT2D eigenvalue weighted by Gasteiger charge is 2.47. The van der Waals surface area contributed by atoms with Crippen LogP contribution in [0.1, 0.15) is 79.0 Å². The molecule has 105 heavy (non-hydrogen) atoms. The Kier molecular flexibility index (Phi) is 16.8. The molecule has 506 valence electrons. The summed E-state index contributed by atoms with van der Waals surface area (Å²) in [5, 5.41) is 0. The SMILES string of the molecule is CC(C)(C)c1ccc(-c2ccc3c(c2)B2c4cc(-c5ccc(C(C)(C)C)cc5)ccc4N(c4c(-c5ccccc5)c(-c5ccccc5)cc(-c5ccccc5)c4-c4ccccc4)c4cc(C(C)(C)C)cc(c42)N3c2c(-c3ccccc3)c(-c3ccccc3)cc(-c3ccccc3)c2-c2ccccc2)cc1. The molecule has 0 aliphatic carbocycles. The molecule has 0 saturated carbocycles. The summed E-state index contributed by atoms with van der Waals surface area (Å²) in [7, 11) is 0. The molecule has 2 heterocycles. The van der Waals surface area contributed by atoms with Crippen LogP contribution in [-0.4, -0.2) is 6.71 Å². The lowest BCUT2D eigenvalue weighted by Gasteiger charge is -2.47. The second-order valence-corrected chi connectivity index (χ2v) is 31.6. The molecule has 0 radical (unpaired) electrons. The van der Waals surface area contributed by atoms with Crippen molar-refractivity contribution >= 4 is 57.2 Å². The number of nitrogens with zero attached hydrogens (tertiary/aromatic N) is 2. The average Bonchev–Trinajstić information content (AvgIpc) is 0.682. The molecule has 0 spiro atoms. The Labute approximate surface area is 621 Å². The topological polar surface area (TPSA) is 6.48 Å². The van der Waals surface area contributed by atoms with E-state index >= 15 is 0 Å². The molecule has 15 aromatic carbocycles. The van der Waals surface area contributed by atoms with Crippen molar-refractivity contribution in [2.24, 2.45) is 0 Å². The van der Waals surface area contributed by atoms with Crippen LogP contribution in [0.2, 0.25) is 0 Å². The molecular weight excluding hydrogens is 1260 g/mol. The van der Waals surface area contributed by atoms with Gasteiger partial charge in [-0.2, -0.15) is 0 Å². The zero-order valence-electron chi connectivity index (χ0n) is 61.5. The number of hydrogen-bond donors (Lipinski definition) is 0. The van der Waals surface area contributed by atoms with Gasteiger partial charge >= 0.3 is 0 Å². The Bertz CT molecular complexity index is 5150. The minimum absolute atomic E-state index is 0.0214. The molecule has 0 bridgehead atoms. The van der Waals surface area contributed by atoms with E-state index in [-0.39, 0.29) is 23.0 Å². The standard InChI is InChI=1S/C102H85BN2/c1-100(2,3)80-56-50-68(51-57-80)78-54-60-89-87(62-78)103-88-63-79(69-52-58-81(59-53-69)101(4,5)6)55-61-90(88)105(99-95(76-46-30-16-31-47-76)85(72-38-22-12-23-39-72)67-86(73-40-24-13-25-41-73)96(99)77-48-32-17-33-49-77)92-65-82(102(7,8)9)64-91(97(92)103)104(89)98-93(74-42-26-14-27-43-74)83(70-34-18-10-19-35-70)66-84(71-36-20-11-21-37-71)94(98)75-44-28-15-29-45-75/h10-67H,1-9H3. The molecule has 0 N–H and O–H groups in total. The van der Waals surface area contributed by atoms with Crippen LogP contribution in [0.25, 0.3) is 111 Å². The van der Waals surface area contributed by atoms with Crippen LogP contribution >= 0.6 is 0 Å². The lowest BCUT2D eigenvalue weighted by molar-refractivity contribution is 0.590. The number of anilines is 6. The first kappa shape index (κ1) is 66.2. The average molecular weight is 1350 g/mol. The second kappa shape index (κ2) is 26.7. The van der Waals surface area contributed by atoms with Crippen molar-refractivity contribution in [3.05, 3.63) is 369 Å². The molecular formula is C102H85BN2.